The van der Waals surface area contributed by atoms with Crippen molar-refractivity contribution in [3.05, 3.63) is 40.4 Å². The van der Waals surface area contributed by atoms with Crippen LogP contribution in [-0.2, 0) is 4.74 Å². The number of likely N-dealkylation sites (tertiary alicyclic amines) is 1. The zero-order valence-corrected chi connectivity index (χ0v) is 17.1. The second-order valence-corrected chi connectivity index (χ2v) is 8.46. The SMILES string of the molecule is Cc1ccc(-c2nc(C(=O)N3CC[C@@H](N4CCOCC4)[C@H]3C)cs2)c(C)c1. The molecule has 1 amide bonds. The van der Waals surface area contributed by atoms with Crippen molar-refractivity contribution in [3.63, 3.8) is 0 Å². The van der Waals surface area contributed by atoms with E-state index in [4.69, 9.17) is 4.74 Å². The molecule has 0 aliphatic carbocycles. The second-order valence-electron chi connectivity index (χ2n) is 7.60. The van der Waals surface area contributed by atoms with Crippen LogP contribution in [0.2, 0.25) is 0 Å². The molecule has 0 N–H and O–H groups in total. The number of rotatable bonds is 3. The molecule has 5 nitrogen and oxygen atoms in total. The first-order chi connectivity index (χ1) is 13.0. The highest BCUT2D eigenvalue weighted by atomic mass is 32.1. The van der Waals surface area contributed by atoms with Gasteiger partial charge in [0.15, 0.2) is 0 Å². The van der Waals surface area contributed by atoms with E-state index >= 15 is 0 Å². The Morgan fingerprint density at radius 3 is 2.74 bits per heavy atom. The summed E-state index contributed by atoms with van der Waals surface area (Å²) < 4.78 is 5.47. The van der Waals surface area contributed by atoms with Crippen LogP contribution in [0.3, 0.4) is 0 Å². The summed E-state index contributed by atoms with van der Waals surface area (Å²) in [5.41, 5.74) is 4.13. The van der Waals surface area contributed by atoms with Crippen molar-refractivity contribution in [2.45, 2.75) is 39.3 Å². The molecule has 1 aromatic carbocycles. The molecule has 1 aromatic heterocycles. The number of morpholine rings is 1. The number of ether oxygens (including phenoxy) is 1. The number of amides is 1. The number of carbonyl (C=O) groups is 1. The minimum absolute atomic E-state index is 0.0607. The lowest BCUT2D eigenvalue weighted by atomic mass is 10.1. The van der Waals surface area contributed by atoms with Gasteiger partial charge in [0.05, 0.1) is 13.2 Å². The van der Waals surface area contributed by atoms with Crippen molar-refractivity contribution in [2.75, 3.05) is 32.8 Å². The highest BCUT2D eigenvalue weighted by molar-refractivity contribution is 7.13. The molecule has 0 bridgehead atoms. The van der Waals surface area contributed by atoms with E-state index in [1.165, 1.54) is 11.1 Å². The molecule has 2 aromatic rings. The van der Waals surface area contributed by atoms with Gasteiger partial charge in [-0.25, -0.2) is 4.98 Å². The van der Waals surface area contributed by atoms with E-state index in [0.717, 1.165) is 49.8 Å². The van der Waals surface area contributed by atoms with E-state index in [-0.39, 0.29) is 11.9 Å². The predicted octanol–water partition coefficient (Wildman–Crippen LogP) is 3.36. The maximum atomic E-state index is 13.1. The maximum Gasteiger partial charge on any atom is 0.273 e. The Morgan fingerprint density at radius 2 is 2.00 bits per heavy atom. The fraction of sp³-hybridized carbons (Fsp3) is 0.524. The summed E-state index contributed by atoms with van der Waals surface area (Å²) in [6, 6.07) is 7.00. The third-order valence-electron chi connectivity index (χ3n) is 5.83. The van der Waals surface area contributed by atoms with E-state index in [1.807, 2.05) is 10.3 Å². The maximum absolute atomic E-state index is 13.1. The van der Waals surface area contributed by atoms with Gasteiger partial charge in [0.2, 0.25) is 0 Å². The zero-order valence-electron chi connectivity index (χ0n) is 16.3. The minimum atomic E-state index is 0.0607. The Balaban J connectivity index is 1.49. The van der Waals surface area contributed by atoms with Gasteiger partial charge < -0.3 is 9.64 Å². The normalized spacial score (nSPS) is 23.7. The third-order valence-corrected chi connectivity index (χ3v) is 6.70. The fourth-order valence-electron chi connectivity index (χ4n) is 4.30. The number of nitrogens with zero attached hydrogens (tertiary/aromatic N) is 3. The molecule has 144 valence electrons. The van der Waals surface area contributed by atoms with Crippen molar-refractivity contribution in [1.82, 2.24) is 14.8 Å². The van der Waals surface area contributed by atoms with Crippen LogP contribution in [-0.4, -0.2) is 65.6 Å². The molecule has 0 radical (unpaired) electrons. The Labute approximate surface area is 165 Å². The first-order valence-electron chi connectivity index (χ1n) is 9.70. The Bertz CT molecular complexity index is 829. The van der Waals surface area contributed by atoms with Gasteiger partial charge in [-0.2, -0.15) is 0 Å². The van der Waals surface area contributed by atoms with Gasteiger partial charge in [0.1, 0.15) is 10.7 Å². The van der Waals surface area contributed by atoms with E-state index < -0.39 is 0 Å². The number of thiazole rings is 1. The molecule has 2 aliphatic heterocycles. The lowest BCUT2D eigenvalue weighted by molar-refractivity contribution is 0.0104. The highest BCUT2D eigenvalue weighted by Crippen LogP contribution is 2.30. The quantitative estimate of drug-likeness (QED) is 0.813. The van der Waals surface area contributed by atoms with Crippen molar-refractivity contribution in [1.29, 1.82) is 0 Å². The predicted molar refractivity (Wildman–Crippen MR) is 108 cm³/mol. The van der Waals surface area contributed by atoms with E-state index in [0.29, 0.717) is 11.7 Å². The summed E-state index contributed by atoms with van der Waals surface area (Å²) in [5, 5.41) is 2.83. The molecule has 2 fully saturated rings. The number of aryl methyl sites for hydroxylation is 2. The smallest absolute Gasteiger partial charge is 0.273 e. The molecule has 27 heavy (non-hydrogen) atoms. The molecule has 3 heterocycles. The molecule has 2 saturated heterocycles. The molecular formula is C21H27N3O2S. The van der Waals surface area contributed by atoms with Gasteiger partial charge in [0.25, 0.3) is 5.91 Å². The summed E-state index contributed by atoms with van der Waals surface area (Å²) in [5.74, 6) is 0.0607. The average molecular weight is 386 g/mol. The molecular weight excluding hydrogens is 358 g/mol. The largest absolute Gasteiger partial charge is 0.379 e. The third kappa shape index (κ3) is 3.66. The second kappa shape index (κ2) is 7.70. The lowest BCUT2D eigenvalue weighted by Gasteiger charge is -2.35. The van der Waals surface area contributed by atoms with Crippen LogP contribution >= 0.6 is 11.3 Å². The first-order valence-corrected chi connectivity index (χ1v) is 10.6. The van der Waals surface area contributed by atoms with E-state index in [9.17, 15) is 4.79 Å². The van der Waals surface area contributed by atoms with Crippen LogP contribution < -0.4 is 0 Å². The Hall–Kier alpha value is -1.76. The summed E-state index contributed by atoms with van der Waals surface area (Å²) in [6.45, 7) is 10.7. The average Bonchev–Trinajstić information content (AvgIpc) is 3.29. The summed E-state index contributed by atoms with van der Waals surface area (Å²) in [4.78, 5) is 22.3. The summed E-state index contributed by atoms with van der Waals surface area (Å²) in [7, 11) is 0. The van der Waals surface area contributed by atoms with Gasteiger partial charge in [-0.05, 0) is 32.8 Å². The van der Waals surface area contributed by atoms with Crippen LogP contribution in [0.1, 0.15) is 35.0 Å². The van der Waals surface area contributed by atoms with Gasteiger partial charge in [-0.15, -0.1) is 11.3 Å². The topological polar surface area (TPSA) is 45.7 Å². The standard InChI is InChI=1S/C21H27N3O2S/c1-14-4-5-17(15(2)12-14)20-22-18(13-27-20)21(25)24-7-6-19(16(24)3)23-8-10-26-11-9-23/h4-5,12-13,16,19H,6-11H2,1-3H3/t16-,19-/m1/s1. The summed E-state index contributed by atoms with van der Waals surface area (Å²) in [6.07, 6.45) is 1.03. The number of hydrogen-bond acceptors (Lipinski definition) is 5. The first kappa shape index (κ1) is 18.6. The van der Waals surface area contributed by atoms with Crippen LogP contribution in [0, 0.1) is 13.8 Å². The molecule has 0 saturated carbocycles. The molecule has 6 heteroatoms. The Morgan fingerprint density at radius 1 is 1.22 bits per heavy atom. The molecule has 0 spiro atoms. The molecule has 2 atom stereocenters. The van der Waals surface area contributed by atoms with Gasteiger partial charge in [-0.1, -0.05) is 23.8 Å². The molecule has 0 unspecified atom stereocenters. The zero-order chi connectivity index (χ0) is 19.0. The van der Waals surface area contributed by atoms with Crippen LogP contribution in [0.25, 0.3) is 10.6 Å². The summed E-state index contributed by atoms with van der Waals surface area (Å²) >= 11 is 1.55. The van der Waals surface area contributed by atoms with Crippen LogP contribution in [0.5, 0.6) is 0 Å². The fourth-order valence-corrected chi connectivity index (χ4v) is 5.19. The Kier molecular flexibility index (Phi) is 5.30. The van der Waals surface area contributed by atoms with Crippen molar-refractivity contribution >= 4 is 17.2 Å². The van der Waals surface area contributed by atoms with Crippen molar-refractivity contribution in [2.24, 2.45) is 0 Å². The van der Waals surface area contributed by atoms with Crippen molar-refractivity contribution < 1.29 is 9.53 Å². The van der Waals surface area contributed by atoms with E-state index in [1.54, 1.807) is 11.3 Å². The lowest BCUT2D eigenvalue weighted by Crippen LogP contribution is -2.49. The van der Waals surface area contributed by atoms with Gasteiger partial charge in [-0.3, -0.25) is 9.69 Å². The number of carbonyl (C=O) groups excluding carboxylic acids is 1. The van der Waals surface area contributed by atoms with Crippen LogP contribution in [0.4, 0.5) is 0 Å². The number of benzene rings is 1. The minimum Gasteiger partial charge on any atom is -0.379 e. The van der Waals surface area contributed by atoms with E-state index in [2.05, 4.69) is 48.9 Å². The van der Waals surface area contributed by atoms with Gasteiger partial charge in [0, 0.05) is 42.7 Å². The highest BCUT2D eigenvalue weighted by Gasteiger charge is 2.38. The van der Waals surface area contributed by atoms with Crippen molar-refractivity contribution in [3.8, 4) is 10.6 Å². The van der Waals surface area contributed by atoms with Crippen LogP contribution in [0.15, 0.2) is 23.6 Å². The monoisotopic (exact) mass is 385 g/mol. The van der Waals surface area contributed by atoms with Gasteiger partial charge >= 0.3 is 0 Å². The number of hydrogen-bond donors (Lipinski definition) is 0. The molecule has 2 aliphatic rings. The number of aromatic nitrogens is 1. The molecule has 4 rings (SSSR count).